The summed E-state index contributed by atoms with van der Waals surface area (Å²) in [5, 5.41) is 9.74. The monoisotopic (exact) mass is 226 g/mol. The van der Waals surface area contributed by atoms with Crippen molar-refractivity contribution in [1.29, 1.82) is 0 Å². The number of phenols is 1. The molecule has 1 aromatic carbocycles. The van der Waals surface area contributed by atoms with Gasteiger partial charge in [-0.25, -0.2) is 0 Å². The quantitative estimate of drug-likeness (QED) is 0.739. The highest BCUT2D eigenvalue weighted by Gasteiger charge is 2.46. The number of rotatable bonds is 0. The minimum absolute atomic E-state index is 0.0331. The van der Waals surface area contributed by atoms with Crippen LogP contribution in [0.4, 0.5) is 0 Å². The fourth-order valence-corrected chi connectivity index (χ4v) is 1.87. The molecule has 0 amide bonds. The summed E-state index contributed by atoms with van der Waals surface area (Å²) in [5.74, 6) is 1.24. The summed E-state index contributed by atoms with van der Waals surface area (Å²) < 4.78 is 11.3. The van der Waals surface area contributed by atoms with E-state index in [0.717, 1.165) is 12.8 Å². The largest absolute Gasteiger partial charge is 0.506 e. The minimum Gasteiger partial charge on any atom is -0.506 e. The third-order valence-corrected chi connectivity index (χ3v) is 3.34. The molecule has 3 rings (SSSR count). The highest BCUT2D eigenvalue weighted by molar-refractivity contribution is 6.32. The molecule has 0 saturated heterocycles. The second-order valence-corrected chi connectivity index (χ2v) is 4.73. The number of benzene rings is 1. The zero-order chi connectivity index (χ0) is 10.5. The van der Waals surface area contributed by atoms with E-state index in [4.69, 9.17) is 21.1 Å². The molecule has 0 bridgehead atoms. The van der Waals surface area contributed by atoms with Crippen LogP contribution >= 0.6 is 11.6 Å². The number of fused-ring (bicyclic) bond motifs is 1. The first kappa shape index (κ1) is 9.16. The van der Waals surface area contributed by atoms with Crippen LogP contribution in [0.1, 0.15) is 12.8 Å². The van der Waals surface area contributed by atoms with Gasteiger partial charge in [-0.15, -0.1) is 0 Å². The standard InChI is InChI=1S/C11H11ClO3/c12-7-3-9-10(4-8(7)13)15-6-11(1-2-11)5-14-9/h3-4,13H,1-2,5-6H2. The molecule has 1 aromatic rings. The highest BCUT2D eigenvalue weighted by Crippen LogP contribution is 2.50. The average Bonchev–Trinajstić information content (AvgIpc) is 2.99. The summed E-state index contributed by atoms with van der Waals surface area (Å²) in [5.41, 5.74) is 0.209. The summed E-state index contributed by atoms with van der Waals surface area (Å²) in [6.07, 6.45) is 2.31. The highest BCUT2D eigenvalue weighted by atomic mass is 35.5. The normalized spacial score (nSPS) is 21.1. The van der Waals surface area contributed by atoms with E-state index in [2.05, 4.69) is 0 Å². The zero-order valence-corrected chi connectivity index (χ0v) is 8.88. The van der Waals surface area contributed by atoms with Gasteiger partial charge in [-0.1, -0.05) is 11.6 Å². The van der Waals surface area contributed by atoms with Crippen LogP contribution in [-0.2, 0) is 0 Å². The summed E-state index contributed by atoms with van der Waals surface area (Å²) in [7, 11) is 0. The van der Waals surface area contributed by atoms with Gasteiger partial charge in [0.25, 0.3) is 0 Å². The maximum Gasteiger partial charge on any atom is 0.164 e. The zero-order valence-electron chi connectivity index (χ0n) is 8.12. The molecular weight excluding hydrogens is 216 g/mol. The third-order valence-electron chi connectivity index (χ3n) is 3.04. The molecule has 0 atom stereocenters. The Balaban J connectivity index is 1.96. The van der Waals surface area contributed by atoms with Crippen LogP contribution in [0.15, 0.2) is 12.1 Å². The fourth-order valence-electron chi connectivity index (χ4n) is 1.72. The molecule has 1 aliphatic carbocycles. The Morgan fingerprint density at radius 2 is 1.73 bits per heavy atom. The molecule has 1 aliphatic heterocycles. The van der Waals surface area contributed by atoms with Crippen molar-refractivity contribution in [3.8, 4) is 17.2 Å². The minimum atomic E-state index is 0.0331. The van der Waals surface area contributed by atoms with Gasteiger partial charge in [-0.05, 0) is 12.8 Å². The lowest BCUT2D eigenvalue weighted by Crippen LogP contribution is -2.17. The molecular formula is C11H11ClO3. The number of phenolic OH excluding ortho intramolecular Hbond substituents is 1. The molecule has 4 heteroatoms. The van der Waals surface area contributed by atoms with Gasteiger partial charge in [-0.2, -0.15) is 0 Å². The summed E-state index contributed by atoms with van der Waals surface area (Å²) in [6, 6.07) is 3.12. The van der Waals surface area contributed by atoms with Gasteiger partial charge in [-0.3, -0.25) is 0 Å². The van der Waals surface area contributed by atoms with Gasteiger partial charge in [0.05, 0.1) is 18.2 Å². The van der Waals surface area contributed by atoms with E-state index in [1.54, 1.807) is 6.07 Å². The Kier molecular flexibility index (Phi) is 1.80. The molecule has 0 unspecified atom stereocenters. The van der Waals surface area contributed by atoms with Gasteiger partial charge in [0.15, 0.2) is 11.5 Å². The molecule has 1 fully saturated rings. The first-order chi connectivity index (χ1) is 7.19. The lowest BCUT2D eigenvalue weighted by atomic mass is 10.1. The van der Waals surface area contributed by atoms with Crippen molar-refractivity contribution in [3.05, 3.63) is 17.2 Å². The lowest BCUT2D eigenvalue weighted by Gasteiger charge is -2.08. The van der Waals surface area contributed by atoms with Crippen LogP contribution in [0.2, 0.25) is 5.02 Å². The molecule has 2 aliphatic rings. The molecule has 0 aromatic heterocycles. The molecule has 3 nitrogen and oxygen atoms in total. The number of ether oxygens (including phenoxy) is 2. The second kappa shape index (κ2) is 2.95. The van der Waals surface area contributed by atoms with Gasteiger partial charge < -0.3 is 14.6 Å². The smallest absolute Gasteiger partial charge is 0.164 e. The molecule has 80 valence electrons. The maximum absolute atomic E-state index is 9.45. The molecule has 1 N–H and O–H groups in total. The Morgan fingerprint density at radius 3 is 2.33 bits per heavy atom. The number of halogens is 1. The number of aromatic hydroxyl groups is 1. The van der Waals surface area contributed by atoms with E-state index in [1.807, 2.05) is 0 Å². The van der Waals surface area contributed by atoms with Crippen molar-refractivity contribution in [2.45, 2.75) is 12.8 Å². The van der Waals surface area contributed by atoms with E-state index in [-0.39, 0.29) is 11.2 Å². The van der Waals surface area contributed by atoms with Gasteiger partial charge >= 0.3 is 0 Å². The summed E-state index contributed by atoms with van der Waals surface area (Å²) in [4.78, 5) is 0. The van der Waals surface area contributed by atoms with Crippen molar-refractivity contribution < 1.29 is 14.6 Å². The third kappa shape index (κ3) is 1.51. The first-order valence-corrected chi connectivity index (χ1v) is 5.35. The van der Waals surface area contributed by atoms with E-state index >= 15 is 0 Å². The molecule has 15 heavy (non-hydrogen) atoms. The Hall–Kier alpha value is -1.09. The molecule has 0 radical (unpaired) electrons. The van der Waals surface area contributed by atoms with Crippen molar-refractivity contribution in [2.75, 3.05) is 13.2 Å². The van der Waals surface area contributed by atoms with Crippen LogP contribution in [0.3, 0.4) is 0 Å². The van der Waals surface area contributed by atoms with Crippen LogP contribution < -0.4 is 9.47 Å². The predicted molar refractivity (Wildman–Crippen MR) is 55.8 cm³/mol. The summed E-state index contributed by atoms with van der Waals surface area (Å²) >= 11 is 5.80. The topological polar surface area (TPSA) is 38.7 Å². The van der Waals surface area contributed by atoms with Gasteiger partial charge in [0, 0.05) is 17.5 Å². The van der Waals surface area contributed by atoms with E-state index in [9.17, 15) is 5.11 Å². The van der Waals surface area contributed by atoms with Crippen LogP contribution in [0.5, 0.6) is 17.2 Å². The first-order valence-electron chi connectivity index (χ1n) is 4.97. The Labute approximate surface area is 92.6 Å². The lowest BCUT2D eigenvalue weighted by molar-refractivity contribution is 0.197. The van der Waals surface area contributed by atoms with E-state index in [0.29, 0.717) is 29.7 Å². The number of hydrogen-bond donors (Lipinski definition) is 1. The summed E-state index contributed by atoms with van der Waals surface area (Å²) in [6.45, 7) is 1.35. The van der Waals surface area contributed by atoms with Crippen LogP contribution in [0.25, 0.3) is 0 Å². The van der Waals surface area contributed by atoms with Gasteiger partial charge in [0.2, 0.25) is 0 Å². The van der Waals surface area contributed by atoms with Crippen molar-refractivity contribution in [2.24, 2.45) is 5.41 Å². The SMILES string of the molecule is Oc1cc2c(cc1Cl)OCC1(CC1)CO2. The maximum atomic E-state index is 9.45. The second-order valence-electron chi connectivity index (χ2n) is 4.33. The predicted octanol–water partition coefficient (Wildman–Crippen LogP) is 2.60. The van der Waals surface area contributed by atoms with Crippen molar-refractivity contribution in [3.63, 3.8) is 0 Å². The Morgan fingerprint density at radius 1 is 1.13 bits per heavy atom. The molecule has 1 heterocycles. The van der Waals surface area contributed by atoms with Crippen LogP contribution in [0, 0.1) is 5.41 Å². The van der Waals surface area contributed by atoms with Crippen molar-refractivity contribution in [1.82, 2.24) is 0 Å². The average molecular weight is 227 g/mol. The van der Waals surface area contributed by atoms with Crippen LogP contribution in [-0.4, -0.2) is 18.3 Å². The van der Waals surface area contributed by atoms with E-state index in [1.165, 1.54) is 6.07 Å². The van der Waals surface area contributed by atoms with Gasteiger partial charge in [0.1, 0.15) is 5.75 Å². The molecule has 1 saturated carbocycles. The van der Waals surface area contributed by atoms with Crippen molar-refractivity contribution >= 4 is 11.6 Å². The Bertz CT molecular complexity index is 378. The molecule has 1 spiro atoms. The fraction of sp³-hybridized carbons (Fsp3) is 0.455. The van der Waals surface area contributed by atoms with E-state index < -0.39 is 0 Å². The number of hydrogen-bond acceptors (Lipinski definition) is 3.